The van der Waals surface area contributed by atoms with Gasteiger partial charge in [0.05, 0.1) is 12.0 Å². The maximum absolute atomic E-state index is 13.5. The van der Waals surface area contributed by atoms with Gasteiger partial charge in [-0.1, -0.05) is 106 Å². The summed E-state index contributed by atoms with van der Waals surface area (Å²) in [5.74, 6) is 1.58. The fourth-order valence-corrected chi connectivity index (χ4v) is 11.1. The average molecular weight is 549 g/mol. The highest BCUT2D eigenvalue weighted by Crippen LogP contribution is 2.69. The van der Waals surface area contributed by atoms with E-state index in [9.17, 15) is 8.42 Å². The predicted molar refractivity (Wildman–Crippen MR) is 157 cm³/mol. The van der Waals surface area contributed by atoms with E-state index >= 15 is 0 Å². The van der Waals surface area contributed by atoms with E-state index in [4.69, 9.17) is 8.37 Å². The number of aryl methyl sites for hydroxylation is 1. The molecular weight excluding hydrogens is 500 g/mol. The third kappa shape index (κ3) is 9.33. The molecule has 37 heavy (non-hydrogen) atoms. The maximum atomic E-state index is 13.5. The van der Waals surface area contributed by atoms with Crippen LogP contribution in [0.3, 0.4) is 0 Å². The predicted octanol–water partition coefficient (Wildman–Crippen LogP) is 9.35. The fourth-order valence-electron chi connectivity index (χ4n) is 4.92. The monoisotopic (exact) mass is 548 g/mol. The lowest BCUT2D eigenvalue weighted by molar-refractivity contribution is 0.414. The smallest absolute Gasteiger partial charge is 0.306 e. The van der Waals surface area contributed by atoms with Crippen LogP contribution in [0.5, 0.6) is 5.75 Å². The molecule has 1 saturated carbocycles. The topological polar surface area (TPSA) is 52.6 Å². The highest BCUT2D eigenvalue weighted by Gasteiger charge is 2.46. The lowest BCUT2D eigenvalue weighted by Crippen LogP contribution is -2.19. The largest absolute Gasteiger partial charge is 0.497 e. The molecule has 0 N–H and O–H groups in total. The first-order valence-electron chi connectivity index (χ1n) is 14.4. The first-order valence-corrected chi connectivity index (χ1v) is 17.6. The van der Waals surface area contributed by atoms with E-state index in [0.717, 1.165) is 47.6 Å². The minimum absolute atomic E-state index is 0.249. The summed E-state index contributed by atoms with van der Waals surface area (Å²) in [7, 11) is -4.19. The van der Waals surface area contributed by atoms with Gasteiger partial charge in [0, 0.05) is 15.9 Å². The molecule has 6 heteroatoms. The van der Waals surface area contributed by atoms with Gasteiger partial charge < -0.3 is 4.74 Å². The Morgan fingerprint density at radius 1 is 0.703 bits per heavy atom. The Hall–Kier alpha value is -1.50. The molecule has 4 nitrogen and oxygen atoms in total. The second kappa shape index (κ2) is 15.2. The van der Waals surface area contributed by atoms with Crippen LogP contribution in [0.4, 0.5) is 0 Å². The molecule has 0 amide bonds. The number of rotatable bonds is 19. The van der Waals surface area contributed by atoms with Gasteiger partial charge in [0.25, 0.3) is 0 Å². The van der Waals surface area contributed by atoms with E-state index in [2.05, 4.69) is 6.92 Å². The van der Waals surface area contributed by atoms with Gasteiger partial charge in [-0.2, -0.15) is 8.42 Å². The van der Waals surface area contributed by atoms with Crippen molar-refractivity contribution in [1.29, 1.82) is 0 Å². The molecule has 0 radical (unpaired) electrons. The normalized spacial score (nSPS) is 16.3. The molecule has 2 aromatic carbocycles. The van der Waals surface area contributed by atoms with Gasteiger partial charge in [-0.3, -0.25) is 0 Å². The number of hydrogen-bond donors (Lipinski definition) is 0. The highest BCUT2D eigenvalue weighted by molar-refractivity contribution is 8.33. The standard InChI is InChI=1S/C31H48O4S2/c1-4-5-6-7-8-9-10-11-12-13-14-15-26-36(30-24-25-30,29-22-18-28(34-3)19-23-29)35-37(32,33)31-20-16-27(2)17-21-31/h16-23,30H,4-15,24-26H2,1-3H3. The molecule has 1 unspecified atom stereocenters. The lowest BCUT2D eigenvalue weighted by Gasteiger charge is -2.39. The van der Waals surface area contributed by atoms with Crippen LogP contribution in [0.1, 0.15) is 102 Å². The molecule has 0 spiro atoms. The molecule has 3 rings (SSSR count). The highest BCUT2D eigenvalue weighted by atomic mass is 32.3. The van der Waals surface area contributed by atoms with E-state index in [1.165, 1.54) is 64.2 Å². The zero-order valence-electron chi connectivity index (χ0n) is 23.3. The van der Waals surface area contributed by atoms with Crippen molar-refractivity contribution < 1.29 is 16.8 Å². The van der Waals surface area contributed by atoms with Crippen molar-refractivity contribution in [3.8, 4) is 5.75 Å². The Bertz CT molecular complexity index is 1010. The van der Waals surface area contributed by atoms with E-state index in [0.29, 0.717) is 5.25 Å². The molecule has 0 saturated heterocycles. The maximum Gasteiger partial charge on any atom is 0.306 e. The molecule has 0 heterocycles. The molecule has 1 fully saturated rings. The molecule has 1 aliphatic rings. The van der Waals surface area contributed by atoms with E-state index in [1.807, 2.05) is 43.3 Å². The quantitative estimate of drug-likeness (QED) is 0.164. The Kier molecular flexibility index (Phi) is 12.3. The number of methoxy groups -OCH3 is 1. The van der Waals surface area contributed by atoms with Crippen molar-refractivity contribution in [2.45, 2.75) is 119 Å². The number of ether oxygens (including phenoxy) is 1. The van der Waals surface area contributed by atoms with Crippen molar-refractivity contribution in [1.82, 2.24) is 0 Å². The van der Waals surface area contributed by atoms with Crippen molar-refractivity contribution >= 4 is 20.4 Å². The summed E-state index contributed by atoms with van der Waals surface area (Å²) in [5.41, 5.74) is 1.03. The van der Waals surface area contributed by atoms with E-state index in [1.54, 1.807) is 19.2 Å². The van der Waals surface area contributed by atoms with Crippen molar-refractivity contribution in [3.05, 3.63) is 54.1 Å². The SMILES string of the molecule is CCCCCCCCCCCCCCS(OS(=O)(=O)c1ccc(C)cc1)(c1ccc(OC)cc1)C1CC1. The number of benzene rings is 2. The molecular formula is C31H48O4S2. The second-order valence-corrected chi connectivity index (χ2v) is 15.5. The van der Waals surface area contributed by atoms with Crippen LogP contribution in [0.15, 0.2) is 58.3 Å². The summed E-state index contributed by atoms with van der Waals surface area (Å²) in [6, 6.07) is 14.9. The van der Waals surface area contributed by atoms with Crippen molar-refractivity contribution in [3.63, 3.8) is 0 Å². The van der Waals surface area contributed by atoms with Gasteiger partial charge in [0.1, 0.15) is 5.75 Å². The van der Waals surface area contributed by atoms with Crippen LogP contribution in [0.2, 0.25) is 0 Å². The molecule has 1 atom stereocenters. The van der Waals surface area contributed by atoms with Gasteiger partial charge in [0.2, 0.25) is 0 Å². The fraction of sp³-hybridized carbons (Fsp3) is 0.613. The van der Waals surface area contributed by atoms with Crippen LogP contribution in [-0.4, -0.2) is 26.5 Å². The molecule has 0 bridgehead atoms. The number of hydrogen-bond acceptors (Lipinski definition) is 4. The van der Waals surface area contributed by atoms with Crippen LogP contribution >= 0.6 is 10.3 Å². The van der Waals surface area contributed by atoms with E-state index < -0.39 is 20.4 Å². The average Bonchev–Trinajstić information content (AvgIpc) is 3.75. The number of unbranched alkanes of at least 4 members (excludes halogenated alkanes) is 11. The summed E-state index contributed by atoms with van der Waals surface area (Å²) in [5, 5.41) is 0.300. The van der Waals surface area contributed by atoms with Crippen LogP contribution in [0.25, 0.3) is 0 Å². The summed E-state index contributed by atoms with van der Waals surface area (Å²) in [4.78, 5) is 1.27. The summed E-state index contributed by atoms with van der Waals surface area (Å²) in [6.45, 7) is 4.23. The molecule has 0 aliphatic heterocycles. The molecule has 208 valence electrons. The first-order chi connectivity index (χ1) is 17.9. The minimum Gasteiger partial charge on any atom is -0.497 e. The minimum atomic E-state index is -3.86. The third-order valence-corrected chi connectivity index (χ3v) is 13.4. The Balaban J connectivity index is 1.61. The van der Waals surface area contributed by atoms with Crippen LogP contribution in [0, 0.1) is 6.92 Å². The van der Waals surface area contributed by atoms with Crippen molar-refractivity contribution in [2.24, 2.45) is 0 Å². The molecule has 2 aromatic rings. The zero-order valence-corrected chi connectivity index (χ0v) is 24.9. The van der Waals surface area contributed by atoms with E-state index in [-0.39, 0.29) is 4.90 Å². The van der Waals surface area contributed by atoms with Gasteiger partial charge >= 0.3 is 10.1 Å². The van der Waals surface area contributed by atoms with Crippen LogP contribution in [-0.2, 0) is 13.7 Å². The zero-order chi connectivity index (χ0) is 26.6. The summed E-state index contributed by atoms with van der Waals surface area (Å²) in [6.07, 6.45) is 17.5. The Labute approximate surface area is 228 Å². The van der Waals surface area contributed by atoms with Crippen LogP contribution < -0.4 is 4.74 Å². The van der Waals surface area contributed by atoms with Gasteiger partial charge in [-0.25, -0.2) is 3.63 Å². The first kappa shape index (κ1) is 30.0. The molecule has 0 aromatic heterocycles. The summed E-state index contributed by atoms with van der Waals surface area (Å²) < 4.78 is 38.7. The summed E-state index contributed by atoms with van der Waals surface area (Å²) >= 11 is 0. The van der Waals surface area contributed by atoms with Gasteiger partial charge in [-0.15, -0.1) is 0 Å². The molecule has 1 aliphatic carbocycles. The second-order valence-electron chi connectivity index (χ2n) is 10.5. The Morgan fingerprint density at radius 2 is 1.19 bits per heavy atom. The Morgan fingerprint density at radius 3 is 1.68 bits per heavy atom. The van der Waals surface area contributed by atoms with Gasteiger partial charge in [-0.05, 0) is 62.6 Å². The van der Waals surface area contributed by atoms with Gasteiger partial charge in [0.15, 0.2) is 0 Å². The third-order valence-electron chi connectivity index (χ3n) is 7.34. The lowest BCUT2D eigenvalue weighted by atomic mass is 10.1. The van der Waals surface area contributed by atoms with Crippen molar-refractivity contribution in [2.75, 3.05) is 12.9 Å².